The van der Waals surface area contributed by atoms with Crippen LogP contribution in [0.5, 0.6) is 0 Å². The van der Waals surface area contributed by atoms with Crippen LogP contribution in [0.15, 0.2) is 52.3 Å². The summed E-state index contributed by atoms with van der Waals surface area (Å²) in [7, 11) is -1.76. The van der Waals surface area contributed by atoms with Crippen LogP contribution in [0, 0.1) is 28.5 Å². The van der Waals surface area contributed by atoms with Crippen molar-refractivity contribution >= 4 is 10.8 Å². The normalized spacial score (nSPS) is 11.3. The molecule has 0 bridgehead atoms. The van der Waals surface area contributed by atoms with Gasteiger partial charge in [0.1, 0.15) is 23.5 Å². The van der Waals surface area contributed by atoms with Crippen LogP contribution in [0.2, 0.25) is 0 Å². The lowest BCUT2D eigenvalue weighted by atomic mass is 10.2. The number of benzene rings is 2. The van der Waals surface area contributed by atoms with Crippen molar-refractivity contribution in [2.24, 2.45) is 0 Å². The fourth-order valence-electron chi connectivity index (χ4n) is 1.61. The SMILES string of the molecule is N#Cc1ccccc1[S@@](=O)c1cccc(F)c1C#N. The third kappa shape index (κ3) is 2.37. The largest absolute Gasteiger partial charge is 0.249 e. The molecule has 0 aliphatic rings. The molecule has 0 heterocycles. The summed E-state index contributed by atoms with van der Waals surface area (Å²) < 4.78 is 25.9. The van der Waals surface area contributed by atoms with Gasteiger partial charge in [0, 0.05) is 0 Å². The van der Waals surface area contributed by atoms with Crippen molar-refractivity contribution in [3.8, 4) is 12.1 Å². The van der Waals surface area contributed by atoms with Crippen LogP contribution >= 0.6 is 0 Å². The topological polar surface area (TPSA) is 64.7 Å². The molecule has 0 aromatic heterocycles. The molecule has 0 fully saturated rings. The molecule has 19 heavy (non-hydrogen) atoms. The first kappa shape index (κ1) is 12.9. The van der Waals surface area contributed by atoms with Crippen LogP contribution in [0.25, 0.3) is 0 Å². The van der Waals surface area contributed by atoms with Gasteiger partial charge in [0.2, 0.25) is 0 Å². The lowest BCUT2D eigenvalue weighted by Gasteiger charge is -2.06. The van der Waals surface area contributed by atoms with Gasteiger partial charge in [-0.3, -0.25) is 0 Å². The van der Waals surface area contributed by atoms with E-state index < -0.39 is 16.6 Å². The molecule has 0 aliphatic heterocycles. The van der Waals surface area contributed by atoms with Crippen molar-refractivity contribution < 1.29 is 8.60 Å². The molecule has 0 aliphatic carbocycles. The molecular formula is C14H7FN2OS. The minimum Gasteiger partial charge on any atom is -0.249 e. The van der Waals surface area contributed by atoms with Crippen LogP contribution < -0.4 is 0 Å². The second kappa shape index (κ2) is 5.43. The summed E-state index contributed by atoms with van der Waals surface area (Å²) in [6.45, 7) is 0. The molecule has 2 aromatic rings. The van der Waals surface area contributed by atoms with Crippen molar-refractivity contribution in [1.29, 1.82) is 10.5 Å². The number of nitrogens with zero attached hydrogens (tertiary/aromatic N) is 2. The van der Waals surface area contributed by atoms with E-state index in [1.807, 2.05) is 6.07 Å². The summed E-state index contributed by atoms with van der Waals surface area (Å²) in [5, 5.41) is 17.9. The van der Waals surface area contributed by atoms with E-state index in [1.54, 1.807) is 18.2 Å². The van der Waals surface area contributed by atoms with Gasteiger partial charge in [0.05, 0.1) is 26.2 Å². The predicted molar refractivity (Wildman–Crippen MR) is 66.9 cm³/mol. The van der Waals surface area contributed by atoms with E-state index in [4.69, 9.17) is 10.5 Å². The zero-order valence-corrected chi connectivity index (χ0v) is 10.4. The Bertz CT molecular complexity index is 744. The fourth-order valence-corrected chi connectivity index (χ4v) is 2.89. The molecule has 92 valence electrons. The fraction of sp³-hybridized carbons (Fsp3) is 0. The highest BCUT2D eigenvalue weighted by atomic mass is 32.2. The van der Waals surface area contributed by atoms with E-state index in [0.717, 1.165) is 6.07 Å². The second-order valence-corrected chi connectivity index (χ2v) is 5.02. The summed E-state index contributed by atoms with van der Waals surface area (Å²) >= 11 is 0. The lowest BCUT2D eigenvalue weighted by molar-refractivity contribution is 0.618. The zero-order valence-electron chi connectivity index (χ0n) is 9.63. The number of halogens is 1. The Morgan fingerprint density at radius 3 is 2.32 bits per heavy atom. The average Bonchev–Trinajstić information content (AvgIpc) is 2.46. The van der Waals surface area contributed by atoms with Crippen molar-refractivity contribution in [2.75, 3.05) is 0 Å². The first-order chi connectivity index (χ1) is 9.19. The van der Waals surface area contributed by atoms with Gasteiger partial charge >= 0.3 is 0 Å². The van der Waals surface area contributed by atoms with Gasteiger partial charge in [0.25, 0.3) is 0 Å². The lowest BCUT2D eigenvalue weighted by Crippen LogP contribution is -2.00. The summed E-state index contributed by atoms with van der Waals surface area (Å²) in [5.74, 6) is -0.720. The minimum atomic E-state index is -1.76. The van der Waals surface area contributed by atoms with Gasteiger partial charge in [-0.1, -0.05) is 18.2 Å². The maximum absolute atomic E-state index is 13.5. The first-order valence-electron chi connectivity index (χ1n) is 5.28. The summed E-state index contributed by atoms with van der Waals surface area (Å²) in [5.41, 5.74) is -0.0115. The molecule has 0 N–H and O–H groups in total. The predicted octanol–water partition coefficient (Wildman–Crippen LogP) is 2.74. The Hall–Kier alpha value is -2.50. The molecule has 1 atom stereocenters. The quantitative estimate of drug-likeness (QED) is 0.842. The molecule has 0 unspecified atom stereocenters. The van der Waals surface area contributed by atoms with E-state index in [0.29, 0.717) is 0 Å². The molecule has 0 spiro atoms. The highest BCUT2D eigenvalue weighted by Gasteiger charge is 2.17. The van der Waals surface area contributed by atoms with E-state index in [9.17, 15) is 8.60 Å². The third-order valence-corrected chi connectivity index (χ3v) is 3.99. The van der Waals surface area contributed by atoms with Gasteiger partial charge in [0.15, 0.2) is 0 Å². The Kier molecular flexibility index (Phi) is 3.70. The average molecular weight is 270 g/mol. The summed E-state index contributed by atoms with van der Waals surface area (Å²) in [6.07, 6.45) is 0. The minimum absolute atomic E-state index is 0.0743. The molecule has 0 radical (unpaired) electrons. The Morgan fingerprint density at radius 1 is 0.947 bits per heavy atom. The molecular weight excluding hydrogens is 263 g/mol. The Labute approximate surface area is 112 Å². The van der Waals surface area contributed by atoms with Crippen LogP contribution in [-0.4, -0.2) is 4.21 Å². The first-order valence-corrected chi connectivity index (χ1v) is 6.43. The van der Waals surface area contributed by atoms with E-state index in [-0.39, 0.29) is 20.9 Å². The Morgan fingerprint density at radius 2 is 1.63 bits per heavy atom. The number of hydrogen-bond donors (Lipinski definition) is 0. The molecule has 0 saturated carbocycles. The van der Waals surface area contributed by atoms with Gasteiger partial charge in [-0.2, -0.15) is 10.5 Å². The summed E-state index contributed by atoms with van der Waals surface area (Å²) in [6, 6.07) is 13.9. The van der Waals surface area contributed by atoms with Crippen LogP contribution in [0.4, 0.5) is 4.39 Å². The number of nitriles is 2. The third-order valence-electron chi connectivity index (χ3n) is 2.49. The maximum atomic E-state index is 13.5. The standard InChI is InChI=1S/C14H7FN2OS/c15-12-5-3-7-14(11(12)9-17)19(18)13-6-2-1-4-10(13)8-16/h1-7H/t19-/m1/s1. The van der Waals surface area contributed by atoms with Gasteiger partial charge in [-0.05, 0) is 24.3 Å². The van der Waals surface area contributed by atoms with Crippen LogP contribution in [0.1, 0.15) is 11.1 Å². The van der Waals surface area contributed by atoms with Crippen molar-refractivity contribution in [1.82, 2.24) is 0 Å². The van der Waals surface area contributed by atoms with E-state index in [1.165, 1.54) is 24.3 Å². The molecule has 0 saturated heterocycles. The van der Waals surface area contributed by atoms with Gasteiger partial charge in [-0.15, -0.1) is 0 Å². The van der Waals surface area contributed by atoms with E-state index in [2.05, 4.69) is 0 Å². The highest BCUT2D eigenvalue weighted by molar-refractivity contribution is 7.85. The number of hydrogen-bond acceptors (Lipinski definition) is 3. The van der Waals surface area contributed by atoms with Crippen LogP contribution in [-0.2, 0) is 10.8 Å². The van der Waals surface area contributed by atoms with Crippen molar-refractivity contribution in [3.63, 3.8) is 0 Å². The van der Waals surface area contributed by atoms with E-state index >= 15 is 0 Å². The van der Waals surface area contributed by atoms with Crippen LogP contribution in [0.3, 0.4) is 0 Å². The molecule has 0 amide bonds. The van der Waals surface area contributed by atoms with Gasteiger partial charge < -0.3 is 0 Å². The maximum Gasteiger partial charge on any atom is 0.142 e. The molecule has 2 rings (SSSR count). The van der Waals surface area contributed by atoms with Crippen molar-refractivity contribution in [3.05, 3.63) is 59.4 Å². The summed E-state index contributed by atoms with van der Waals surface area (Å²) in [4.78, 5) is 0.345. The smallest absolute Gasteiger partial charge is 0.142 e. The highest BCUT2D eigenvalue weighted by Crippen LogP contribution is 2.23. The molecule has 2 aromatic carbocycles. The zero-order chi connectivity index (χ0) is 13.8. The molecule has 3 nitrogen and oxygen atoms in total. The van der Waals surface area contributed by atoms with Gasteiger partial charge in [-0.25, -0.2) is 8.60 Å². The number of rotatable bonds is 2. The monoisotopic (exact) mass is 270 g/mol. The molecule has 5 heteroatoms. The second-order valence-electron chi connectivity index (χ2n) is 3.60. The Balaban J connectivity index is 2.62. The van der Waals surface area contributed by atoms with Crippen molar-refractivity contribution in [2.45, 2.75) is 9.79 Å².